The van der Waals surface area contributed by atoms with Crippen LogP contribution in [0.4, 0.5) is 5.82 Å². The molecule has 0 spiro atoms. The topological polar surface area (TPSA) is 98.1 Å². The fourth-order valence-corrected chi connectivity index (χ4v) is 3.42. The second-order valence-corrected chi connectivity index (χ2v) is 7.28. The van der Waals surface area contributed by atoms with Gasteiger partial charge in [-0.1, -0.05) is 6.07 Å². The van der Waals surface area contributed by atoms with Gasteiger partial charge in [-0.15, -0.1) is 0 Å². The van der Waals surface area contributed by atoms with Crippen molar-refractivity contribution in [2.24, 2.45) is 0 Å². The molecule has 1 fully saturated rings. The van der Waals surface area contributed by atoms with Crippen molar-refractivity contribution in [3.63, 3.8) is 0 Å². The van der Waals surface area contributed by atoms with E-state index in [9.17, 15) is 4.79 Å². The number of aromatic nitrogens is 5. The molecule has 0 aliphatic carbocycles. The second kappa shape index (κ2) is 9.10. The summed E-state index contributed by atoms with van der Waals surface area (Å²) in [7, 11) is 0. The van der Waals surface area contributed by atoms with Crippen LogP contribution >= 0.6 is 0 Å². The number of pyridine rings is 1. The lowest BCUT2D eigenvalue weighted by Gasteiger charge is -2.18. The maximum Gasteiger partial charge on any atom is 0.239 e. The third kappa shape index (κ3) is 4.87. The minimum absolute atomic E-state index is 0.123. The van der Waals surface area contributed by atoms with Crippen LogP contribution in [0.25, 0.3) is 17.3 Å². The molecule has 0 aromatic carbocycles. The molecule has 0 atom stereocenters. The van der Waals surface area contributed by atoms with Gasteiger partial charge in [0.2, 0.25) is 5.91 Å². The van der Waals surface area contributed by atoms with Crippen molar-refractivity contribution in [3.05, 3.63) is 47.9 Å². The van der Waals surface area contributed by atoms with Crippen molar-refractivity contribution < 1.29 is 9.53 Å². The van der Waals surface area contributed by atoms with E-state index in [0.29, 0.717) is 36.3 Å². The summed E-state index contributed by atoms with van der Waals surface area (Å²) in [6.45, 7) is 7.15. The van der Waals surface area contributed by atoms with E-state index in [-0.39, 0.29) is 5.91 Å². The molecule has 0 bridgehead atoms. The summed E-state index contributed by atoms with van der Waals surface area (Å²) in [4.78, 5) is 28.3. The highest BCUT2D eigenvalue weighted by molar-refractivity contribution is 5.91. The predicted molar refractivity (Wildman–Crippen MR) is 112 cm³/mol. The molecule has 4 rings (SSSR count). The molecular weight excluding hydrogens is 382 g/mol. The van der Waals surface area contributed by atoms with Gasteiger partial charge in [-0.05, 0) is 38.5 Å². The summed E-state index contributed by atoms with van der Waals surface area (Å²) in [6.07, 6.45) is 2.61. The predicted octanol–water partition coefficient (Wildman–Crippen LogP) is 2.00. The fourth-order valence-electron chi connectivity index (χ4n) is 3.42. The Hall–Kier alpha value is -3.17. The zero-order valence-electron chi connectivity index (χ0n) is 17.2. The van der Waals surface area contributed by atoms with Crippen molar-refractivity contribution in [2.75, 3.05) is 38.2 Å². The Kier molecular flexibility index (Phi) is 6.10. The highest BCUT2D eigenvalue weighted by Crippen LogP contribution is 2.19. The molecule has 30 heavy (non-hydrogen) atoms. The van der Waals surface area contributed by atoms with Gasteiger partial charge in [-0.3, -0.25) is 14.7 Å². The molecular formula is C21H25N7O2. The number of carbonyl (C=O) groups is 1. The number of amides is 1. The van der Waals surface area contributed by atoms with Gasteiger partial charge >= 0.3 is 0 Å². The van der Waals surface area contributed by atoms with Crippen LogP contribution in [0.5, 0.6) is 0 Å². The van der Waals surface area contributed by atoms with Crippen LogP contribution in [0.1, 0.15) is 17.8 Å². The van der Waals surface area contributed by atoms with Crippen LogP contribution in [0.15, 0.2) is 36.5 Å². The van der Waals surface area contributed by atoms with Crippen molar-refractivity contribution in [1.29, 1.82) is 0 Å². The molecule has 1 aliphatic heterocycles. The Morgan fingerprint density at radius 3 is 2.83 bits per heavy atom. The number of anilines is 1. The van der Waals surface area contributed by atoms with Gasteiger partial charge in [0.05, 0.1) is 18.8 Å². The summed E-state index contributed by atoms with van der Waals surface area (Å²) in [5.74, 6) is 1.31. The molecule has 9 heteroatoms. The smallest absolute Gasteiger partial charge is 0.239 e. The zero-order chi connectivity index (χ0) is 20.9. The minimum atomic E-state index is -0.123. The SMILES string of the molecule is Cc1cc(C)n(-c2cc(NC(=O)CN3CCCOCC3)nc(-c3ccccn3)n2)n1. The summed E-state index contributed by atoms with van der Waals surface area (Å²) in [5, 5.41) is 7.43. The van der Waals surface area contributed by atoms with E-state index in [2.05, 4.69) is 30.3 Å². The summed E-state index contributed by atoms with van der Waals surface area (Å²) in [6, 6.07) is 9.25. The number of rotatable bonds is 5. The molecule has 1 saturated heterocycles. The standard InChI is InChI=1S/C21H25N7O2/c1-15-12-16(2)28(26-15)19-13-18(24-21(25-19)17-6-3-4-7-22-17)23-20(29)14-27-8-5-10-30-11-9-27/h3-4,6-7,12-13H,5,8-11,14H2,1-2H3,(H,23,24,25,29). The normalized spacial score (nSPS) is 15.0. The molecule has 1 N–H and O–H groups in total. The molecule has 0 unspecified atom stereocenters. The summed E-state index contributed by atoms with van der Waals surface area (Å²) in [5.41, 5.74) is 2.46. The summed E-state index contributed by atoms with van der Waals surface area (Å²) >= 11 is 0. The Morgan fingerprint density at radius 1 is 1.17 bits per heavy atom. The molecule has 3 aromatic heterocycles. The number of hydrogen-bond donors (Lipinski definition) is 1. The van der Waals surface area contributed by atoms with Crippen LogP contribution in [0, 0.1) is 13.8 Å². The van der Waals surface area contributed by atoms with E-state index in [4.69, 9.17) is 4.74 Å². The van der Waals surface area contributed by atoms with Gasteiger partial charge < -0.3 is 10.1 Å². The van der Waals surface area contributed by atoms with E-state index in [1.165, 1.54) is 0 Å². The quantitative estimate of drug-likeness (QED) is 0.691. The number of hydrogen-bond acceptors (Lipinski definition) is 7. The van der Waals surface area contributed by atoms with Crippen molar-refractivity contribution >= 4 is 11.7 Å². The lowest BCUT2D eigenvalue weighted by molar-refractivity contribution is -0.117. The van der Waals surface area contributed by atoms with Gasteiger partial charge in [-0.2, -0.15) is 5.10 Å². The Morgan fingerprint density at radius 2 is 2.07 bits per heavy atom. The third-order valence-electron chi connectivity index (χ3n) is 4.78. The third-order valence-corrected chi connectivity index (χ3v) is 4.78. The highest BCUT2D eigenvalue weighted by Gasteiger charge is 2.16. The Bertz CT molecular complexity index is 1010. The van der Waals surface area contributed by atoms with E-state index < -0.39 is 0 Å². The first-order valence-corrected chi connectivity index (χ1v) is 10.0. The van der Waals surface area contributed by atoms with E-state index >= 15 is 0 Å². The van der Waals surface area contributed by atoms with Crippen molar-refractivity contribution in [3.8, 4) is 17.3 Å². The van der Waals surface area contributed by atoms with Crippen LogP contribution in [0.3, 0.4) is 0 Å². The Labute approximate surface area is 175 Å². The molecule has 1 aliphatic rings. The molecule has 156 valence electrons. The van der Waals surface area contributed by atoms with E-state index in [1.54, 1.807) is 16.9 Å². The van der Waals surface area contributed by atoms with Gasteiger partial charge in [0, 0.05) is 37.7 Å². The number of aryl methyl sites for hydroxylation is 2. The van der Waals surface area contributed by atoms with Crippen molar-refractivity contribution in [2.45, 2.75) is 20.3 Å². The first-order chi connectivity index (χ1) is 14.6. The van der Waals surface area contributed by atoms with Gasteiger partial charge in [0.15, 0.2) is 11.6 Å². The second-order valence-electron chi connectivity index (χ2n) is 7.28. The number of carbonyl (C=O) groups excluding carboxylic acids is 1. The molecule has 9 nitrogen and oxygen atoms in total. The Balaban J connectivity index is 1.62. The summed E-state index contributed by atoms with van der Waals surface area (Å²) < 4.78 is 7.20. The van der Waals surface area contributed by atoms with Gasteiger partial charge in [0.1, 0.15) is 11.5 Å². The van der Waals surface area contributed by atoms with E-state index in [0.717, 1.165) is 37.5 Å². The fraction of sp³-hybridized carbons (Fsp3) is 0.381. The van der Waals surface area contributed by atoms with Crippen LogP contribution in [0.2, 0.25) is 0 Å². The number of ether oxygens (including phenoxy) is 1. The lowest BCUT2D eigenvalue weighted by atomic mass is 10.3. The highest BCUT2D eigenvalue weighted by atomic mass is 16.5. The molecule has 3 aromatic rings. The van der Waals surface area contributed by atoms with Crippen LogP contribution < -0.4 is 5.32 Å². The number of nitrogens with zero attached hydrogens (tertiary/aromatic N) is 6. The van der Waals surface area contributed by atoms with Crippen LogP contribution in [-0.4, -0.2) is 68.4 Å². The molecule has 4 heterocycles. The van der Waals surface area contributed by atoms with Gasteiger partial charge in [0.25, 0.3) is 0 Å². The molecule has 0 saturated carbocycles. The maximum absolute atomic E-state index is 12.7. The van der Waals surface area contributed by atoms with Crippen molar-refractivity contribution in [1.82, 2.24) is 29.6 Å². The largest absolute Gasteiger partial charge is 0.380 e. The number of nitrogens with one attached hydrogen (secondary N) is 1. The maximum atomic E-state index is 12.7. The van der Waals surface area contributed by atoms with Crippen LogP contribution in [-0.2, 0) is 9.53 Å². The molecule has 1 amide bonds. The zero-order valence-corrected chi connectivity index (χ0v) is 17.2. The lowest BCUT2D eigenvalue weighted by Crippen LogP contribution is -2.35. The minimum Gasteiger partial charge on any atom is -0.380 e. The first-order valence-electron chi connectivity index (χ1n) is 10.0. The average molecular weight is 407 g/mol. The van der Waals surface area contributed by atoms with Gasteiger partial charge in [-0.25, -0.2) is 14.6 Å². The molecule has 0 radical (unpaired) electrons. The van der Waals surface area contributed by atoms with E-state index in [1.807, 2.05) is 38.1 Å². The monoisotopic (exact) mass is 407 g/mol. The average Bonchev–Trinajstić information content (AvgIpc) is 2.91. The first kappa shape index (κ1) is 20.1.